The number of carbonyl (C=O) groups excluding carboxylic acids is 1. The van der Waals surface area contributed by atoms with Gasteiger partial charge in [-0.2, -0.15) is 0 Å². The summed E-state index contributed by atoms with van der Waals surface area (Å²) >= 11 is 1.60. The molecular weight excluding hydrogens is 256 g/mol. The highest BCUT2D eigenvalue weighted by Gasteiger charge is 2.18. The SMILES string of the molecule is CCCN(CCC)C(=O)c1csc2ccc(N)cc12. The molecule has 1 heterocycles. The van der Waals surface area contributed by atoms with E-state index in [0.29, 0.717) is 5.69 Å². The molecule has 0 fully saturated rings. The minimum absolute atomic E-state index is 0.126. The molecule has 1 aromatic carbocycles. The Kier molecular flexibility index (Phi) is 4.43. The highest BCUT2D eigenvalue weighted by molar-refractivity contribution is 7.17. The Morgan fingerprint density at radius 3 is 2.58 bits per heavy atom. The second-order valence-electron chi connectivity index (χ2n) is 4.70. The van der Waals surface area contributed by atoms with Crippen LogP contribution in [0.25, 0.3) is 10.1 Å². The van der Waals surface area contributed by atoms with Crippen LogP contribution < -0.4 is 5.73 Å². The van der Waals surface area contributed by atoms with E-state index in [1.54, 1.807) is 11.3 Å². The maximum absolute atomic E-state index is 12.6. The number of anilines is 1. The van der Waals surface area contributed by atoms with Crippen LogP contribution in [0.2, 0.25) is 0 Å². The molecular formula is C15H20N2OS. The van der Waals surface area contributed by atoms with Crippen molar-refractivity contribution >= 4 is 33.0 Å². The number of nitrogens with two attached hydrogens (primary N) is 1. The second-order valence-corrected chi connectivity index (χ2v) is 5.61. The summed E-state index contributed by atoms with van der Waals surface area (Å²) in [5.41, 5.74) is 7.32. The number of hydrogen-bond donors (Lipinski definition) is 1. The fourth-order valence-corrected chi connectivity index (χ4v) is 3.15. The molecule has 1 aromatic heterocycles. The fourth-order valence-electron chi connectivity index (χ4n) is 2.24. The van der Waals surface area contributed by atoms with Crippen LogP contribution in [0.3, 0.4) is 0 Å². The zero-order chi connectivity index (χ0) is 13.8. The number of nitrogen functional groups attached to an aromatic ring is 1. The predicted octanol–water partition coefficient (Wildman–Crippen LogP) is 3.75. The smallest absolute Gasteiger partial charge is 0.255 e. The molecule has 2 aromatic rings. The Morgan fingerprint density at radius 1 is 1.26 bits per heavy atom. The van der Waals surface area contributed by atoms with Gasteiger partial charge in [-0.1, -0.05) is 13.8 Å². The molecule has 0 bridgehead atoms. The van der Waals surface area contributed by atoms with Gasteiger partial charge >= 0.3 is 0 Å². The van der Waals surface area contributed by atoms with Crippen LogP contribution in [0.5, 0.6) is 0 Å². The Labute approximate surface area is 118 Å². The van der Waals surface area contributed by atoms with Gasteiger partial charge in [-0.25, -0.2) is 0 Å². The quantitative estimate of drug-likeness (QED) is 0.845. The molecule has 0 aliphatic heterocycles. The zero-order valence-electron chi connectivity index (χ0n) is 11.5. The lowest BCUT2D eigenvalue weighted by molar-refractivity contribution is 0.0758. The molecule has 0 saturated carbocycles. The molecule has 2 N–H and O–H groups in total. The number of amides is 1. The maximum atomic E-state index is 12.6. The van der Waals surface area contributed by atoms with Crippen LogP contribution in [0.1, 0.15) is 37.0 Å². The first-order valence-electron chi connectivity index (χ1n) is 6.73. The molecule has 0 spiro atoms. The molecule has 0 radical (unpaired) electrons. The third-order valence-electron chi connectivity index (χ3n) is 3.10. The van der Waals surface area contributed by atoms with Crippen molar-refractivity contribution in [3.05, 3.63) is 29.1 Å². The lowest BCUT2D eigenvalue weighted by atomic mass is 10.1. The third kappa shape index (κ3) is 2.89. The van der Waals surface area contributed by atoms with E-state index < -0.39 is 0 Å². The summed E-state index contributed by atoms with van der Waals surface area (Å²) in [5, 5.41) is 2.93. The summed E-state index contributed by atoms with van der Waals surface area (Å²) in [6, 6.07) is 5.76. The van der Waals surface area contributed by atoms with Gasteiger partial charge in [0.05, 0.1) is 5.56 Å². The summed E-state index contributed by atoms with van der Waals surface area (Å²) in [7, 11) is 0. The van der Waals surface area contributed by atoms with Gasteiger partial charge in [0.15, 0.2) is 0 Å². The van der Waals surface area contributed by atoms with Crippen molar-refractivity contribution in [2.45, 2.75) is 26.7 Å². The minimum Gasteiger partial charge on any atom is -0.399 e. The van der Waals surface area contributed by atoms with Crippen molar-refractivity contribution in [1.29, 1.82) is 0 Å². The summed E-state index contributed by atoms with van der Waals surface area (Å²) in [4.78, 5) is 14.5. The molecule has 1 amide bonds. The van der Waals surface area contributed by atoms with E-state index in [9.17, 15) is 4.79 Å². The van der Waals surface area contributed by atoms with Crippen LogP contribution in [-0.2, 0) is 0 Å². The summed E-state index contributed by atoms with van der Waals surface area (Å²) in [6.45, 7) is 5.82. The molecule has 2 rings (SSSR count). The second kappa shape index (κ2) is 6.06. The van der Waals surface area contributed by atoms with Gasteiger partial charge < -0.3 is 10.6 Å². The van der Waals surface area contributed by atoms with E-state index in [0.717, 1.165) is 41.6 Å². The number of carbonyl (C=O) groups is 1. The highest BCUT2D eigenvalue weighted by atomic mass is 32.1. The summed E-state index contributed by atoms with van der Waals surface area (Å²) < 4.78 is 1.12. The average molecular weight is 276 g/mol. The van der Waals surface area contributed by atoms with Gasteiger partial charge in [-0.05, 0) is 31.0 Å². The molecule has 19 heavy (non-hydrogen) atoms. The maximum Gasteiger partial charge on any atom is 0.255 e. The molecule has 0 atom stereocenters. The van der Waals surface area contributed by atoms with Gasteiger partial charge in [-0.15, -0.1) is 11.3 Å². The molecule has 0 aliphatic carbocycles. The normalized spacial score (nSPS) is 10.8. The van der Waals surface area contributed by atoms with Crippen molar-refractivity contribution in [2.75, 3.05) is 18.8 Å². The van der Waals surface area contributed by atoms with E-state index in [-0.39, 0.29) is 5.91 Å². The van der Waals surface area contributed by atoms with Crippen LogP contribution in [0, 0.1) is 0 Å². The van der Waals surface area contributed by atoms with Crippen molar-refractivity contribution in [1.82, 2.24) is 4.90 Å². The topological polar surface area (TPSA) is 46.3 Å². The van der Waals surface area contributed by atoms with Gasteiger partial charge in [0.25, 0.3) is 5.91 Å². The van der Waals surface area contributed by atoms with Crippen molar-refractivity contribution < 1.29 is 4.79 Å². The van der Waals surface area contributed by atoms with E-state index in [4.69, 9.17) is 5.73 Å². The molecule has 3 nitrogen and oxygen atoms in total. The third-order valence-corrected chi connectivity index (χ3v) is 4.07. The minimum atomic E-state index is 0.126. The number of thiophene rings is 1. The van der Waals surface area contributed by atoms with Crippen LogP contribution in [-0.4, -0.2) is 23.9 Å². The van der Waals surface area contributed by atoms with Gasteiger partial charge in [0.1, 0.15) is 0 Å². The van der Waals surface area contributed by atoms with Crippen LogP contribution in [0.4, 0.5) is 5.69 Å². The van der Waals surface area contributed by atoms with Crippen LogP contribution >= 0.6 is 11.3 Å². The van der Waals surface area contributed by atoms with Gasteiger partial charge in [-0.3, -0.25) is 4.79 Å². The fraction of sp³-hybridized carbons (Fsp3) is 0.400. The largest absolute Gasteiger partial charge is 0.399 e. The first kappa shape index (κ1) is 13.9. The average Bonchev–Trinajstić information content (AvgIpc) is 2.80. The van der Waals surface area contributed by atoms with Gasteiger partial charge in [0.2, 0.25) is 0 Å². The van der Waals surface area contributed by atoms with Crippen LogP contribution in [0.15, 0.2) is 23.6 Å². The van der Waals surface area contributed by atoms with Crippen molar-refractivity contribution in [3.8, 4) is 0 Å². The van der Waals surface area contributed by atoms with Crippen molar-refractivity contribution in [3.63, 3.8) is 0 Å². The van der Waals surface area contributed by atoms with Gasteiger partial charge in [0, 0.05) is 34.2 Å². The Hall–Kier alpha value is -1.55. The first-order chi connectivity index (χ1) is 9.17. The zero-order valence-corrected chi connectivity index (χ0v) is 12.3. The first-order valence-corrected chi connectivity index (χ1v) is 7.61. The molecule has 0 saturated heterocycles. The van der Waals surface area contributed by atoms with E-state index in [1.165, 1.54) is 0 Å². The molecule has 102 valence electrons. The molecule has 0 aliphatic rings. The molecule has 4 heteroatoms. The Balaban J connectivity index is 2.36. The Morgan fingerprint density at radius 2 is 1.95 bits per heavy atom. The van der Waals surface area contributed by atoms with E-state index in [1.807, 2.05) is 28.5 Å². The lowest BCUT2D eigenvalue weighted by Crippen LogP contribution is -2.32. The monoisotopic (exact) mass is 276 g/mol. The highest BCUT2D eigenvalue weighted by Crippen LogP contribution is 2.28. The number of fused-ring (bicyclic) bond motifs is 1. The number of hydrogen-bond acceptors (Lipinski definition) is 3. The number of nitrogens with zero attached hydrogens (tertiary/aromatic N) is 1. The lowest BCUT2D eigenvalue weighted by Gasteiger charge is -2.21. The Bertz CT molecular complexity index is 571. The number of benzene rings is 1. The van der Waals surface area contributed by atoms with E-state index >= 15 is 0 Å². The predicted molar refractivity (Wildman–Crippen MR) is 82.7 cm³/mol. The summed E-state index contributed by atoms with van der Waals surface area (Å²) in [5.74, 6) is 0.126. The number of rotatable bonds is 5. The van der Waals surface area contributed by atoms with Crippen molar-refractivity contribution in [2.24, 2.45) is 0 Å². The summed E-state index contributed by atoms with van der Waals surface area (Å²) in [6.07, 6.45) is 1.96. The standard InChI is InChI=1S/C15H20N2OS/c1-3-7-17(8-4-2)15(18)13-10-19-14-6-5-11(16)9-12(13)14/h5-6,9-10H,3-4,7-8,16H2,1-2H3. The van der Waals surface area contributed by atoms with E-state index in [2.05, 4.69) is 13.8 Å². The molecule has 0 unspecified atom stereocenters.